The van der Waals surface area contributed by atoms with Crippen LogP contribution in [0.25, 0.3) is 0 Å². The lowest BCUT2D eigenvalue weighted by Crippen LogP contribution is -2.19. The molecule has 1 saturated carbocycles. The van der Waals surface area contributed by atoms with Crippen LogP contribution in [0.3, 0.4) is 0 Å². The number of hydrogen-bond acceptors (Lipinski definition) is 3. The van der Waals surface area contributed by atoms with Gasteiger partial charge in [-0.1, -0.05) is 29.3 Å². The molecule has 0 aromatic heterocycles. The van der Waals surface area contributed by atoms with E-state index < -0.39 is 15.7 Å². The summed E-state index contributed by atoms with van der Waals surface area (Å²) in [5.74, 6) is -0.0417. The van der Waals surface area contributed by atoms with Crippen LogP contribution in [0.15, 0.2) is 18.2 Å². The summed E-state index contributed by atoms with van der Waals surface area (Å²) in [6, 6.07) is 5.01. The van der Waals surface area contributed by atoms with Gasteiger partial charge in [0.05, 0.1) is 5.75 Å². The Hall–Kier alpha value is -0.290. The molecule has 1 aliphatic carbocycles. The number of benzene rings is 1. The lowest BCUT2D eigenvalue weighted by atomic mass is 10.1. The van der Waals surface area contributed by atoms with Gasteiger partial charge in [0.15, 0.2) is 0 Å². The second-order valence-electron chi connectivity index (χ2n) is 4.05. The molecule has 0 amide bonds. The molecule has 0 radical (unpaired) electrons. The van der Waals surface area contributed by atoms with E-state index in [9.17, 15) is 8.42 Å². The minimum atomic E-state index is -3.48. The largest absolute Gasteiger partial charge is 0.267 e. The van der Waals surface area contributed by atoms with Gasteiger partial charge in [-0.2, -0.15) is 8.42 Å². The number of halogens is 2. The van der Waals surface area contributed by atoms with Crippen LogP contribution in [0, 0.1) is 0 Å². The SMILES string of the molecule is CCS(=O)(=O)OC1(c2ccc(Cl)cc2Cl)CC1. The normalized spacial score (nSPS) is 18.1. The average molecular weight is 295 g/mol. The third-order valence-corrected chi connectivity index (χ3v) is 4.59. The van der Waals surface area contributed by atoms with Crippen molar-refractivity contribution in [2.24, 2.45) is 0 Å². The van der Waals surface area contributed by atoms with E-state index in [1.54, 1.807) is 25.1 Å². The van der Waals surface area contributed by atoms with Crippen molar-refractivity contribution in [1.29, 1.82) is 0 Å². The minimum absolute atomic E-state index is 0.0417. The van der Waals surface area contributed by atoms with Crippen LogP contribution in [0.5, 0.6) is 0 Å². The van der Waals surface area contributed by atoms with Crippen molar-refractivity contribution in [2.45, 2.75) is 25.4 Å². The van der Waals surface area contributed by atoms with E-state index in [0.29, 0.717) is 28.5 Å². The second kappa shape index (κ2) is 4.43. The molecule has 94 valence electrons. The Kier molecular flexibility index (Phi) is 3.42. The molecule has 1 fully saturated rings. The van der Waals surface area contributed by atoms with Gasteiger partial charge >= 0.3 is 0 Å². The van der Waals surface area contributed by atoms with Crippen LogP contribution in [-0.4, -0.2) is 14.2 Å². The van der Waals surface area contributed by atoms with E-state index in [1.165, 1.54) is 0 Å². The third kappa shape index (κ3) is 2.76. The quantitative estimate of drug-likeness (QED) is 0.800. The number of rotatable bonds is 4. The maximum Gasteiger partial charge on any atom is 0.267 e. The van der Waals surface area contributed by atoms with E-state index in [-0.39, 0.29) is 5.75 Å². The van der Waals surface area contributed by atoms with Gasteiger partial charge in [-0.15, -0.1) is 0 Å². The highest BCUT2D eigenvalue weighted by atomic mass is 35.5. The zero-order chi connectivity index (χ0) is 12.7. The van der Waals surface area contributed by atoms with Crippen molar-refractivity contribution in [1.82, 2.24) is 0 Å². The van der Waals surface area contributed by atoms with E-state index in [4.69, 9.17) is 27.4 Å². The highest BCUT2D eigenvalue weighted by molar-refractivity contribution is 7.86. The van der Waals surface area contributed by atoms with Crippen LogP contribution in [0.4, 0.5) is 0 Å². The molecule has 0 N–H and O–H groups in total. The van der Waals surface area contributed by atoms with E-state index in [0.717, 1.165) is 0 Å². The summed E-state index contributed by atoms with van der Waals surface area (Å²) < 4.78 is 28.3. The van der Waals surface area contributed by atoms with Crippen LogP contribution >= 0.6 is 23.2 Å². The summed E-state index contributed by atoms with van der Waals surface area (Å²) in [4.78, 5) is 0. The molecule has 0 bridgehead atoms. The summed E-state index contributed by atoms with van der Waals surface area (Å²) in [7, 11) is -3.48. The fourth-order valence-electron chi connectivity index (χ4n) is 1.67. The lowest BCUT2D eigenvalue weighted by molar-refractivity contribution is 0.190. The Morgan fingerprint density at radius 2 is 2.00 bits per heavy atom. The first kappa shape index (κ1) is 13.1. The van der Waals surface area contributed by atoms with Gasteiger partial charge in [-0.3, -0.25) is 4.18 Å². The molecule has 0 saturated heterocycles. The lowest BCUT2D eigenvalue weighted by Gasteiger charge is -2.17. The molecule has 0 heterocycles. The molecular weight excluding hydrogens is 283 g/mol. The fraction of sp³-hybridized carbons (Fsp3) is 0.455. The number of hydrogen-bond donors (Lipinski definition) is 0. The second-order valence-corrected chi connectivity index (χ2v) is 6.75. The van der Waals surface area contributed by atoms with Gasteiger partial charge in [-0.25, -0.2) is 0 Å². The monoisotopic (exact) mass is 294 g/mol. The molecule has 6 heteroatoms. The Bertz CT molecular complexity index is 536. The molecule has 1 aromatic rings. The summed E-state index contributed by atoms with van der Waals surface area (Å²) in [5.41, 5.74) is -0.0724. The van der Waals surface area contributed by atoms with E-state index in [1.807, 2.05) is 0 Å². The molecular formula is C11H12Cl2O3S. The van der Waals surface area contributed by atoms with Crippen molar-refractivity contribution < 1.29 is 12.6 Å². The van der Waals surface area contributed by atoms with Crippen molar-refractivity contribution in [2.75, 3.05) is 5.75 Å². The topological polar surface area (TPSA) is 43.4 Å². The predicted molar refractivity (Wildman–Crippen MR) is 67.9 cm³/mol. The molecule has 0 aliphatic heterocycles. The minimum Gasteiger partial charge on any atom is -0.259 e. The first-order valence-electron chi connectivity index (χ1n) is 5.27. The molecule has 0 spiro atoms. The van der Waals surface area contributed by atoms with Crippen LogP contribution in [-0.2, 0) is 19.9 Å². The highest BCUT2D eigenvalue weighted by Gasteiger charge is 2.50. The van der Waals surface area contributed by atoms with Gasteiger partial charge in [-0.05, 0) is 31.9 Å². The van der Waals surface area contributed by atoms with Crippen molar-refractivity contribution in [3.05, 3.63) is 33.8 Å². The van der Waals surface area contributed by atoms with Crippen LogP contribution in [0.2, 0.25) is 10.0 Å². The highest BCUT2D eigenvalue weighted by Crippen LogP contribution is 2.52. The van der Waals surface area contributed by atoms with Gasteiger partial charge < -0.3 is 0 Å². The Labute approximate surface area is 111 Å². The Balaban J connectivity index is 2.33. The molecule has 17 heavy (non-hydrogen) atoms. The molecule has 1 aliphatic rings. The average Bonchev–Trinajstić information content (AvgIpc) is 2.97. The Morgan fingerprint density at radius 3 is 2.47 bits per heavy atom. The first-order chi connectivity index (χ1) is 7.88. The van der Waals surface area contributed by atoms with Crippen molar-refractivity contribution in [3.63, 3.8) is 0 Å². The standard InChI is InChI=1S/C11H12Cl2O3S/c1-2-17(14,15)16-11(5-6-11)9-4-3-8(12)7-10(9)13/h3-4,7H,2,5-6H2,1H3. The van der Waals surface area contributed by atoms with Gasteiger partial charge in [0.1, 0.15) is 5.60 Å². The van der Waals surface area contributed by atoms with Gasteiger partial charge in [0.25, 0.3) is 10.1 Å². The van der Waals surface area contributed by atoms with Gasteiger partial charge in [0, 0.05) is 15.6 Å². The molecule has 0 atom stereocenters. The molecule has 2 rings (SSSR count). The zero-order valence-electron chi connectivity index (χ0n) is 9.24. The summed E-state index contributed by atoms with van der Waals surface area (Å²) in [5, 5.41) is 0.967. The Morgan fingerprint density at radius 1 is 1.35 bits per heavy atom. The van der Waals surface area contributed by atoms with Crippen molar-refractivity contribution >= 4 is 33.3 Å². The van der Waals surface area contributed by atoms with Crippen molar-refractivity contribution in [3.8, 4) is 0 Å². The smallest absolute Gasteiger partial charge is 0.259 e. The molecule has 0 unspecified atom stereocenters. The first-order valence-corrected chi connectivity index (χ1v) is 7.61. The van der Waals surface area contributed by atoms with E-state index >= 15 is 0 Å². The summed E-state index contributed by atoms with van der Waals surface area (Å²) in [6.07, 6.45) is 1.32. The fourth-order valence-corrected chi connectivity index (χ4v) is 3.11. The zero-order valence-corrected chi connectivity index (χ0v) is 11.6. The van der Waals surface area contributed by atoms with Crippen LogP contribution < -0.4 is 0 Å². The summed E-state index contributed by atoms with van der Waals surface area (Å²) in [6.45, 7) is 1.55. The van der Waals surface area contributed by atoms with Gasteiger partial charge in [0.2, 0.25) is 0 Å². The molecule has 1 aromatic carbocycles. The summed E-state index contributed by atoms with van der Waals surface area (Å²) >= 11 is 11.9. The maximum absolute atomic E-state index is 11.5. The maximum atomic E-state index is 11.5. The molecule has 3 nitrogen and oxygen atoms in total. The van der Waals surface area contributed by atoms with Crippen LogP contribution in [0.1, 0.15) is 25.3 Å². The third-order valence-electron chi connectivity index (χ3n) is 2.77. The van der Waals surface area contributed by atoms with E-state index in [2.05, 4.69) is 0 Å². The predicted octanol–water partition coefficient (Wildman–Crippen LogP) is 3.35.